The summed E-state index contributed by atoms with van der Waals surface area (Å²) in [6, 6.07) is 7.15. The van der Waals surface area contributed by atoms with Gasteiger partial charge in [-0.05, 0) is 48.6 Å². The van der Waals surface area contributed by atoms with Crippen LogP contribution in [0.2, 0.25) is 0 Å². The second kappa shape index (κ2) is 8.72. The minimum Gasteiger partial charge on any atom is -0.467 e. The van der Waals surface area contributed by atoms with E-state index in [1.807, 2.05) is 5.32 Å². The van der Waals surface area contributed by atoms with Crippen molar-refractivity contribution in [2.45, 2.75) is 30.1 Å². The largest absolute Gasteiger partial charge is 0.467 e. The Balaban J connectivity index is 1.87. The maximum absolute atomic E-state index is 14.5. The normalized spacial score (nSPS) is 17.5. The highest BCUT2D eigenvalue weighted by molar-refractivity contribution is 7.89. The van der Waals surface area contributed by atoms with E-state index >= 15 is 0 Å². The Kier molecular flexibility index (Phi) is 6.14. The van der Waals surface area contributed by atoms with E-state index in [0.29, 0.717) is 0 Å². The molecule has 1 aromatic carbocycles. The molecule has 1 atom stereocenters. The van der Waals surface area contributed by atoms with Gasteiger partial charge in [-0.3, -0.25) is 23.9 Å². The third-order valence-electron chi connectivity index (χ3n) is 5.24. The molecule has 0 unspecified atom stereocenters. The summed E-state index contributed by atoms with van der Waals surface area (Å²) in [5.74, 6) is -2.70. The molecule has 4 rings (SSSR count). The zero-order valence-electron chi connectivity index (χ0n) is 18.1. The van der Waals surface area contributed by atoms with Crippen LogP contribution in [-0.2, 0) is 31.7 Å². The Morgan fingerprint density at radius 2 is 1.86 bits per heavy atom. The van der Waals surface area contributed by atoms with Gasteiger partial charge in [0.15, 0.2) is 4.77 Å². The van der Waals surface area contributed by atoms with Crippen molar-refractivity contribution >= 4 is 45.6 Å². The minimum absolute atomic E-state index is 0.185. The number of furan rings is 1. The zero-order chi connectivity index (χ0) is 26.5. The Bertz CT molecular complexity index is 1580. The van der Waals surface area contributed by atoms with Crippen molar-refractivity contribution < 1.29 is 35.6 Å². The molecule has 0 fully saturated rings. The summed E-state index contributed by atoms with van der Waals surface area (Å²) in [6.45, 7) is 0.940. The summed E-state index contributed by atoms with van der Waals surface area (Å²) in [5.41, 5.74) is -6.42. The van der Waals surface area contributed by atoms with Gasteiger partial charge in [0.05, 0.1) is 23.3 Å². The molecule has 36 heavy (non-hydrogen) atoms. The van der Waals surface area contributed by atoms with Crippen molar-refractivity contribution in [3.05, 3.63) is 69.1 Å². The number of hydrogen-bond acceptors (Lipinski definition) is 7. The highest BCUT2D eigenvalue weighted by atomic mass is 32.2. The Morgan fingerprint density at radius 1 is 1.19 bits per heavy atom. The molecule has 0 bridgehead atoms. The second-order valence-corrected chi connectivity index (χ2v) is 9.73. The first-order valence-corrected chi connectivity index (χ1v) is 11.8. The van der Waals surface area contributed by atoms with Gasteiger partial charge in [0.1, 0.15) is 11.6 Å². The molecular weight excluding hydrogens is 527 g/mol. The fraction of sp³-hybridized carbons (Fsp3) is 0.200. The van der Waals surface area contributed by atoms with Crippen LogP contribution >= 0.6 is 12.2 Å². The van der Waals surface area contributed by atoms with Gasteiger partial charge in [0.2, 0.25) is 21.5 Å². The van der Waals surface area contributed by atoms with Crippen LogP contribution < -0.4 is 20.9 Å². The van der Waals surface area contributed by atoms with E-state index in [1.54, 1.807) is 0 Å². The molecule has 1 aliphatic rings. The van der Waals surface area contributed by atoms with Gasteiger partial charge < -0.3 is 15.1 Å². The van der Waals surface area contributed by atoms with Crippen molar-refractivity contribution in [1.82, 2.24) is 14.3 Å². The molecule has 0 radical (unpaired) electrons. The first-order valence-electron chi connectivity index (χ1n) is 9.96. The Morgan fingerprint density at radius 3 is 2.42 bits per heavy atom. The molecule has 0 saturated carbocycles. The number of halogens is 3. The van der Waals surface area contributed by atoms with Crippen LogP contribution in [-0.4, -0.2) is 36.0 Å². The van der Waals surface area contributed by atoms with Crippen LogP contribution in [0.4, 0.5) is 24.7 Å². The van der Waals surface area contributed by atoms with Crippen LogP contribution in [0.5, 0.6) is 0 Å². The number of sulfonamides is 1. The summed E-state index contributed by atoms with van der Waals surface area (Å²) in [6.07, 6.45) is -4.29. The fourth-order valence-corrected chi connectivity index (χ4v) is 5.25. The number of carbonyl (C=O) groups excluding carboxylic acids is 2. The number of nitrogens with zero attached hydrogens (tertiary/aromatic N) is 1. The lowest BCUT2D eigenvalue weighted by Crippen LogP contribution is -2.61. The predicted octanol–water partition coefficient (Wildman–Crippen LogP) is 2.19. The number of fused-ring (bicyclic) bond motifs is 1. The molecule has 11 nitrogen and oxygen atoms in total. The van der Waals surface area contributed by atoms with E-state index in [1.165, 1.54) is 30.0 Å². The standard InChI is InChI=1S/C20H16F3N5O6S2/c1-10(29)24-11-4-6-13(7-5-11)36(32,33)27-19(20(21,22)23)14-15(25-17(19)31)28(18(35)26-16(14)30)9-12-3-2-8-34-12/h2-8,27H,9H2,1H3,(H,24,29)(H,25,31)(H,26,30,35)/t19-/m1/s1. The van der Waals surface area contributed by atoms with Crippen molar-refractivity contribution in [1.29, 1.82) is 0 Å². The molecule has 4 N–H and O–H groups in total. The molecule has 1 aliphatic heterocycles. The number of amides is 2. The molecule has 0 aliphatic carbocycles. The van der Waals surface area contributed by atoms with Crippen LogP contribution in [0.1, 0.15) is 18.2 Å². The molecule has 2 aromatic heterocycles. The quantitative estimate of drug-likeness (QED) is 0.348. The van der Waals surface area contributed by atoms with E-state index in [-0.39, 0.29) is 22.8 Å². The number of benzene rings is 1. The van der Waals surface area contributed by atoms with Gasteiger partial charge in [-0.25, -0.2) is 8.42 Å². The average molecular weight is 544 g/mol. The van der Waals surface area contributed by atoms with E-state index in [4.69, 9.17) is 16.6 Å². The number of rotatable bonds is 6. The lowest BCUT2D eigenvalue weighted by molar-refractivity contribution is -0.194. The molecule has 2 amide bonds. The van der Waals surface area contributed by atoms with Crippen LogP contribution in [0.3, 0.4) is 0 Å². The van der Waals surface area contributed by atoms with Crippen molar-refractivity contribution in [3.8, 4) is 0 Å². The SMILES string of the molecule is CC(=O)Nc1ccc(S(=O)(=O)N[C@@]2(C(F)(F)F)C(=O)Nc3c2c(=O)[nH]c(=S)n3Cc2ccco2)cc1. The molecular formula is C20H16F3N5O6S2. The van der Waals surface area contributed by atoms with Gasteiger partial charge in [0.25, 0.3) is 11.5 Å². The Hall–Kier alpha value is -3.76. The summed E-state index contributed by atoms with van der Waals surface area (Å²) < 4.78 is 76.9. The van der Waals surface area contributed by atoms with E-state index < -0.39 is 55.4 Å². The summed E-state index contributed by atoms with van der Waals surface area (Å²) in [7, 11) is -5.05. The van der Waals surface area contributed by atoms with Gasteiger partial charge in [-0.15, -0.1) is 0 Å². The highest BCUT2D eigenvalue weighted by Crippen LogP contribution is 2.46. The number of anilines is 2. The van der Waals surface area contributed by atoms with Gasteiger partial charge in [0, 0.05) is 12.6 Å². The third kappa shape index (κ3) is 4.22. The van der Waals surface area contributed by atoms with Crippen LogP contribution in [0.25, 0.3) is 0 Å². The van der Waals surface area contributed by atoms with Gasteiger partial charge >= 0.3 is 6.18 Å². The first kappa shape index (κ1) is 25.3. The molecule has 0 spiro atoms. The van der Waals surface area contributed by atoms with Crippen molar-refractivity contribution in [2.24, 2.45) is 0 Å². The molecule has 0 saturated heterocycles. The monoisotopic (exact) mass is 543 g/mol. The second-order valence-electron chi connectivity index (χ2n) is 7.66. The lowest BCUT2D eigenvalue weighted by atomic mass is 9.94. The van der Waals surface area contributed by atoms with E-state index in [0.717, 1.165) is 28.8 Å². The van der Waals surface area contributed by atoms with Crippen molar-refractivity contribution in [3.63, 3.8) is 0 Å². The fourth-order valence-electron chi connectivity index (χ4n) is 3.68. The highest BCUT2D eigenvalue weighted by Gasteiger charge is 2.69. The van der Waals surface area contributed by atoms with Crippen molar-refractivity contribution in [2.75, 3.05) is 10.6 Å². The maximum Gasteiger partial charge on any atom is 0.421 e. The zero-order valence-corrected chi connectivity index (χ0v) is 19.7. The van der Waals surface area contributed by atoms with E-state index in [9.17, 15) is 36.0 Å². The molecule has 3 aromatic rings. The number of nitrogens with one attached hydrogen (secondary N) is 4. The molecule has 3 heterocycles. The molecule has 190 valence electrons. The summed E-state index contributed by atoms with van der Waals surface area (Å²) >= 11 is 5.05. The predicted molar refractivity (Wildman–Crippen MR) is 121 cm³/mol. The van der Waals surface area contributed by atoms with Gasteiger partial charge in [-0.1, -0.05) is 0 Å². The number of H-pyrrole nitrogens is 1. The third-order valence-corrected chi connectivity index (χ3v) is 7.03. The smallest absolute Gasteiger partial charge is 0.421 e. The summed E-state index contributed by atoms with van der Waals surface area (Å²) in [5, 5.41) is 4.34. The number of aromatic amines is 1. The first-order chi connectivity index (χ1) is 16.8. The number of aromatic nitrogens is 2. The molecule has 16 heteroatoms. The number of carbonyl (C=O) groups is 2. The van der Waals surface area contributed by atoms with Crippen LogP contribution in [0.15, 0.2) is 56.8 Å². The maximum atomic E-state index is 14.5. The van der Waals surface area contributed by atoms with Crippen LogP contribution in [0, 0.1) is 4.77 Å². The number of alkyl halides is 3. The van der Waals surface area contributed by atoms with E-state index in [2.05, 4.69) is 10.3 Å². The minimum atomic E-state index is -5.59. The lowest BCUT2D eigenvalue weighted by Gasteiger charge is -2.29. The summed E-state index contributed by atoms with van der Waals surface area (Å²) in [4.78, 5) is 38.2. The number of hydrogen-bond donors (Lipinski definition) is 4. The Labute approximate surface area is 205 Å². The average Bonchev–Trinajstić information content (AvgIpc) is 3.37. The topological polar surface area (TPSA) is 155 Å². The van der Waals surface area contributed by atoms with Gasteiger partial charge in [-0.2, -0.15) is 17.9 Å².